The van der Waals surface area contributed by atoms with Gasteiger partial charge in [-0.15, -0.1) is 0 Å². The van der Waals surface area contributed by atoms with Crippen molar-refractivity contribution in [3.05, 3.63) is 47.2 Å². The molecule has 0 radical (unpaired) electrons. The molecular formula is C16H21N3O2S. The molecule has 1 aromatic carbocycles. The molecule has 0 fully saturated rings. The summed E-state index contributed by atoms with van der Waals surface area (Å²) in [7, 11) is -1.92. The van der Waals surface area contributed by atoms with Crippen molar-refractivity contribution in [2.24, 2.45) is 7.05 Å². The van der Waals surface area contributed by atoms with Gasteiger partial charge in [-0.2, -0.15) is 9.40 Å². The molecule has 0 aliphatic carbocycles. The van der Waals surface area contributed by atoms with Crippen molar-refractivity contribution in [1.82, 2.24) is 14.1 Å². The number of fused-ring (bicyclic) bond motifs is 1. The van der Waals surface area contributed by atoms with E-state index in [4.69, 9.17) is 0 Å². The number of hydrogen-bond acceptors (Lipinski definition) is 3. The van der Waals surface area contributed by atoms with Gasteiger partial charge in [0.2, 0.25) is 0 Å². The Bertz CT molecular complexity index is 822. The largest absolute Gasteiger partial charge is 0.261 e. The number of rotatable bonds is 2. The molecule has 6 heteroatoms. The van der Waals surface area contributed by atoms with E-state index in [2.05, 4.69) is 18.1 Å². The number of aromatic nitrogens is 2. The monoisotopic (exact) mass is 319 g/mol. The minimum Gasteiger partial charge on any atom is -0.256 e. The second-order valence-electron chi connectivity index (χ2n) is 6.51. The van der Waals surface area contributed by atoms with Crippen molar-refractivity contribution in [3.8, 4) is 0 Å². The zero-order valence-electron chi connectivity index (χ0n) is 13.4. The molecule has 1 aliphatic heterocycles. The van der Waals surface area contributed by atoms with E-state index in [9.17, 15) is 8.42 Å². The van der Waals surface area contributed by atoms with Crippen molar-refractivity contribution >= 4 is 10.0 Å². The fraction of sp³-hybridized carbons (Fsp3) is 0.438. The van der Waals surface area contributed by atoms with Gasteiger partial charge < -0.3 is 0 Å². The van der Waals surface area contributed by atoms with Gasteiger partial charge >= 0.3 is 0 Å². The summed E-state index contributed by atoms with van der Waals surface area (Å²) in [6.07, 6.45) is 2.23. The molecule has 2 heterocycles. The summed E-state index contributed by atoms with van der Waals surface area (Å²) in [5, 5.41) is 4.23. The maximum atomic E-state index is 13.0. The number of sulfonamides is 1. The molecule has 0 unspecified atom stereocenters. The van der Waals surface area contributed by atoms with Gasteiger partial charge in [-0.1, -0.05) is 18.2 Å². The summed E-state index contributed by atoms with van der Waals surface area (Å²) in [5.41, 5.74) is 3.11. The van der Waals surface area contributed by atoms with Crippen LogP contribution < -0.4 is 0 Å². The molecule has 3 rings (SSSR count). The molecule has 0 atom stereocenters. The molecule has 22 heavy (non-hydrogen) atoms. The lowest BCUT2D eigenvalue weighted by Gasteiger charge is -2.42. The summed E-state index contributed by atoms with van der Waals surface area (Å²) in [4.78, 5) is 0. The van der Waals surface area contributed by atoms with E-state index in [0.717, 1.165) is 5.56 Å². The Morgan fingerprint density at radius 3 is 2.59 bits per heavy atom. The molecule has 0 bridgehead atoms. The second kappa shape index (κ2) is 4.93. The van der Waals surface area contributed by atoms with Crippen LogP contribution in [0.4, 0.5) is 0 Å². The Kier molecular flexibility index (Phi) is 3.41. The van der Waals surface area contributed by atoms with Gasteiger partial charge in [-0.05, 0) is 49.9 Å². The van der Waals surface area contributed by atoms with Crippen LogP contribution in [0.5, 0.6) is 0 Å². The van der Waals surface area contributed by atoms with E-state index in [1.54, 1.807) is 17.4 Å². The van der Waals surface area contributed by atoms with E-state index in [1.165, 1.54) is 22.0 Å². The molecule has 0 saturated heterocycles. The summed E-state index contributed by atoms with van der Waals surface area (Å²) >= 11 is 0. The molecule has 0 N–H and O–H groups in total. The number of benzene rings is 1. The minimum atomic E-state index is -3.58. The van der Waals surface area contributed by atoms with Crippen LogP contribution in [0.3, 0.4) is 0 Å². The van der Waals surface area contributed by atoms with Crippen LogP contribution in [0.2, 0.25) is 0 Å². The van der Waals surface area contributed by atoms with E-state index >= 15 is 0 Å². The predicted octanol–water partition coefficient (Wildman–Crippen LogP) is 2.25. The molecular weight excluding hydrogens is 298 g/mol. The highest BCUT2D eigenvalue weighted by Gasteiger charge is 2.42. The summed E-state index contributed by atoms with van der Waals surface area (Å²) < 4.78 is 29.1. The third-order valence-corrected chi connectivity index (χ3v) is 6.57. The van der Waals surface area contributed by atoms with Crippen molar-refractivity contribution < 1.29 is 8.42 Å². The van der Waals surface area contributed by atoms with Gasteiger partial charge in [0.1, 0.15) is 0 Å². The zero-order valence-corrected chi connectivity index (χ0v) is 14.2. The number of hydrogen-bond donors (Lipinski definition) is 0. The molecule has 5 nitrogen and oxygen atoms in total. The van der Waals surface area contributed by atoms with Crippen molar-refractivity contribution in [2.45, 2.75) is 44.3 Å². The summed E-state index contributed by atoms with van der Waals surface area (Å²) in [6.45, 7) is 6.45. The van der Waals surface area contributed by atoms with E-state index in [0.29, 0.717) is 13.0 Å². The summed E-state index contributed by atoms with van der Waals surface area (Å²) in [6, 6.07) is 7.64. The SMILES string of the molecule is Cc1cccc2c1CC(C)(C)N(S(=O)(=O)c1ccnn1C)C2. The van der Waals surface area contributed by atoms with Gasteiger partial charge in [0.25, 0.3) is 10.0 Å². The second-order valence-corrected chi connectivity index (χ2v) is 8.32. The molecule has 2 aromatic rings. The standard InChI is InChI=1S/C16H21N3O2S/c1-12-6-5-7-13-11-19(16(2,3)10-14(12)13)22(20,21)15-8-9-17-18(15)4/h5-9H,10-11H2,1-4H3. The maximum absolute atomic E-state index is 13.0. The van der Waals surface area contributed by atoms with Gasteiger partial charge in [-0.3, -0.25) is 4.68 Å². The Hall–Kier alpha value is -1.66. The maximum Gasteiger partial charge on any atom is 0.261 e. The molecule has 0 spiro atoms. The lowest BCUT2D eigenvalue weighted by atomic mass is 9.85. The highest BCUT2D eigenvalue weighted by Crippen LogP contribution is 2.36. The average Bonchev–Trinajstić information content (AvgIpc) is 2.85. The van der Waals surface area contributed by atoms with Crippen LogP contribution >= 0.6 is 0 Å². The molecule has 0 amide bonds. The Morgan fingerprint density at radius 1 is 1.23 bits per heavy atom. The fourth-order valence-electron chi connectivity index (χ4n) is 3.19. The predicted molar refractivity (Wildman–Crippen MR) is 84.9 cm³/mol. The normalized spacial score (nSPS) is 18.2. The Labute approximate surface area is 131 Å². The smallest absolute Gasteiger partial charge is 0.256 e. The van der Waals surface area contributed by atoms with Crippen LogP contribution in [0.1, 0.15) is 30.5 Å². The van der Waals surface area contributed by atoms with E-state index in [1.807, 2.05) is 26.0 Å². The first kappa shape index (κ1) is 15.2. The van der Waals surface area contributed by atoms with Gasteiger partial charge in [0.15, 0.2) is 5.03 Å². The lowest BCUT2D eigenvalue weighted by molar-refractivity contribution is 0.201. The lowest BCUT2D eigenvalue weighted by Crippen LogP contribution is -2.51. The summed E-state index contributed by atoms with van der Waals surface area (Å²) in [5.74, 6) is 0. The number of nitrogens with zero attached hydrogens (tertiary/aromatic N) is 3. The quantitative estimate of drug-likeness (QED) is 0.853. The van der Waals surface area contributed by atoms with Gasteiger partial charge in [-0.25, -0.2) is 8.42 Å². The van der Waals surface area contributed by atoms with E-state index in [-0.39, 0.29) is 5.03 Å². The Morgan fingerprint density at radius 2 is 1.95 bits per heavy atom. The highest BCUT2D eigenvalue weighted by molar-refractivity contribution is 7.89. The van der Waals surface area contributed by atoms with Crippen LogP contribution in [-0.2, 0) is 30.0 Å². The fourth-order valence-corrected chi connectivity index (χ4v) is 5.06. The third-order valence-electron chi connectivity index (χ3n) is 4.44. The van der Waals surface area contributed by atoms with Crippen LogP contribution in [0.25, 0.3) is 0 Å². The Balaban J connectivity index is 2.10. The third kappa shape index (κ3) is 2.27. The molecule has 1 aliphatic rings. The average molecular weight is 319 g/mol. The van der Waals surface area contributed by atoms with Gasteiger partial charge in [0, 0.05) is 19.1 Å². The van der Waals surface area contributed by atoms with E-state index < -0.39 is 15.6 Å². The number of aryl methyl sites for hydroxylation is 2. The first-order chi connectivity index (χ1) is 10.2. The van der Waals surface area contributed by atoms with Crippen LogP contribution in [-0.4, -0.2) is 28.0 Å². The zero-order chi connectivity index (χ0) is 16.1. The van der Waals surface area contributed by atoms with Crippen molar-refractivity contribution in [3.63, 3.8) is 0 Å². The molecule has 118 valence electrons. The highest BCUT2D eigenvalue weighted by atomic mass is 32.2. The minimum absolute atomic E-state index is 0.233. The van der Waals surface area contributed by atoms with Crippen molar-refractivity contribution in [2.75, 3.05) is 0 Å². The topological polar surface area (TPSA) is 55.2 Å². The van der Waals surface area contributed by atoms with Crippen molar-refractivity contribution in [1.29, 1.82) is 0 Å². The van der Waals surface area contributed by atoms with Gasteiger partial charge in [0.05, 0.1) is 6.20 Å². The first-order valence-electron chi connectivity index (χ1n) is 7.32. The first-order valence-corrected chi connectivity index (χ1v) is 8.76. The van der Waals surface area contributed by atoms with Crippen LogP contribution in [0, 0.1) is 6.92 Å². The molecule has 1 aromatic heterocycles. The van der Waals surface area contributed by atoms with Crippen LogP contribution in [0.15, 0.2) is 35.5 Å². The molecule has 0 saturated carbocycles.